The summed E-state index contributed by atoms with van der Waals surface area (Å²) < 4.78 is 6.18. The molecule has 2 saturated heterocycles. The van der Waals surface area contributed by atoms with Crippen LogP contribution in [0.15, 0.2) is 0 Å². The van der Waals surface area contributed by atoms with Crippen molar-refractivity contribution in [2.45, 2.75) is 83.6 Å². The van der Waals surface area contributed by atoms with Gasteiger partial charge in [-0.2, -0.15) is 0 Å². The summed E-state index contributed by atoms with van der Waals surface area (Å²) in [4.78, 5) is 2.65. The Labute approximate surface area is 119 Å². The lowest BCUT2D eigenvalue weighted by Gasteiger charge is -2.47. The highest BCUT2D eigenvalue weighted by atomic mass is 16.5. The molecule has 0 amide bonds. The molecule has 2 heterocycles. The topological polar surface area (TPSA) is 24.5 Å². The van der Waals surface area contributed by atoms with Gasteiger partial charge in [0.2, 0.25) is 0 Å². The molecule has 2 fully saturated rings. The van der Waals surface area contributed by atoms with Gasteiger partial charge in [0.25, 0.3) is 0 Å². The Morgan fingerprint density at radius 3 is 2.58 bits per heavy atom. The van der Waals surface area contributed by atoms with E-state index >= 15 is 0 Å². The third kappa shape index (κ3) is 3.93. The SMILES string of the molecule is CCCC1CN(CC2CCC(C)(C)O2)C(C)(C)CN1. The van der Waals surface area contributed by atoms with Crippen molar-refractivity contribution in [3.63, 3.8) is 0 Å². The first kappa shape index (κ1) is 15.3. The quantitative estimate of drug-likeness (QED) is 0.848. The lowest BCUT2D eigenvalue weighted by Crippen LogP contribution is -2.63. The molecule has 0 bridgehead atoms. The van der Waals surface area contributed by atoms with Crippen LogP contribution in [0.4, 0.5) is 0 Å². The maximum absolute atomic E-state index is 6.18. The molecule has 2 aliphatic heterocycles. The number of hydrogen-bond donors (Lipinski definition) is 1. The second-order valence-corrected chi connectivity index (χ2v) is 7.62. The molecule has 0 spiro atoms. The molecule has 3 heteroatoms. The molecule has 0 aromatic carbocycles. The molecule has 3 nitrogen and oxygen atoms in total. The average molecular weight is 268 g/mol. The fraction of sp³-hybridized carbons (Fsp3) is 1.00. The second kappa shape index (κ2) is 5.71. The van der Waals surface area contributed by atoms with Gasteiger partial charge in [-0.15, -0.1) is 0 Å². The van der Waals surface area contributed by atoms with E-state index in [1.54, 1.807) is 0 Å². The van der Waals surface area contributed by atoms with Crippen molar-refractivity contribution in [3.8, 4) is 0 Å². The van der Waals surface area contributed by atoms with Crippen molar-refractivity contribution < 1.29 is 4.74 Å². The normalized spacial score (nSPS) is 34.6. The Bertz CT molecular complexity index is 301. The van der Waals surface area contributed by atoms with Gasteiger partial charge in [0, 0.05) is 31.2 Å². The predicted octanol–water partition coefficient (Wildman–Crippen LogP) is 2.80. The molecule has 0 radical (unpaired) electrons. The Morgan fingerprint density at radius 2 is 2.00 bits per heavy atom. The predicted molar refractivity (Wildman–Crippen MR) is 80.5 cm³/mol. The van der Waals surface area contributed by atoms with Crippen LogP contribution >= 0.6 is 0 Å². The summed E-state index contributed by atoms with van der Waals surface area (Å²) in [7, 11) is 0. The highest BCUT2D eigenvalue weighted by molar-refractivity contribution is 4.95. The summed E-state index contributed by atoms with van der Waals surface area (Å²) >= 11 is 0. The van der Waals surface area contributed by atoms with Gasteiger partial charge in [0.15, 0.2) is 0 Å². The monoisotopic (exact) mass is 268 g/mol. The van der Waals surface area contributed by atoms with Crippen LogP contribution < -0.4 is 5.32 Å². The number of ether oxygens (including phenoxy) is 1. The summed E-state index contributed by atoms with van der Waals surface area (Å²) in [5, 5.41) is 3.70. The fourth-order valence-corrected chi connectivity index (χ4v) is 3.40. The van der Waals surface area contributed by atoms with E-state index in [4.69, 9.17) is 4.74 Å². The minimum atomic E-state index is 0.0890. The van der Waals surface area contributed by atoms with Crippen LogP contribution in [-0.2, 0) is 4.74 Å². The highest BCUT2D eigenvalue weighted by Crippen LogP contribution is 2.31. The third-order valence-electron chi connectivity index (χ3n) is 4.74. The Morgan fingerprint density at radius 1 is 1.26 bits per heavy atom. The summed E-state index contributed by atoms with van der Waals surface area (Å²) in [5.74, 6) is 0. The first-order chi connectivity index (χ1) is 8.82. The number of nitrogens with one attached hydrogen (secondary N) is 1. The van der Waals surface area contributed by atoms with Gasteiger partial charge in [-0.3, -0.25) is 4.90 Å². The molecule has 19 heavy (non-hydrogen) atoms. The van der Waals surface area contributed by atoms with Crippen LogP contribution in [0.1, 0.15) is 60.3 Å². The van der Waals surface area contributed by atoms with Crippen LogP contribution in [0.3, 0.4) is 0 Å². The number of hydrogen-bond acceptors (Lipinski definition) is 3. The van der Waals surface area contributed by atoms with E-state index in [2.05, 4.69) is 44.8 Å². The van der Waals surface area contributed by atoms with Crippen LogP contribution in [0.2, 0.25) is 0 Å². The third-order valence-corrected chi connectivity index (χ3v) is 4.74. The van der Waals surface area contributed by atoms with Crippen LogP contribution in [0.5, 0.6) is 0 Å². The summed E-state index contributed by atoms with van der Waals surface area (Å²) in [6, 6.07) is 0.660. The molecular weight excluding hydrogens is 236 g/mol. The molecule has 2 rings (SSSR count). The Kier molecular flexibility index (Phi) is 4.59. The average Bonchev–Trinajstić information content (AvgIpc) is 2.64. The zero-order chi connectivity index (χ0) is 14.1. The molecule has 1 N–H and O–H groups in total. The van der Waals surface area contributed by atoms with E-state index in [9.17, 15) is 0 Å². The molecule has 0 saturated carbocycles. The van der Waals surface area contributed by atoms with Gasteiger partial charge in [-0.25, -0.2) is 0 Å². The first-order valence-corrected chi connectivity index (χ1v) is 7.99. The maximum Gasteiger partial charge on any atom is 0.0710 e. The van der Waals surface area contributed by atoms with Gasteiger partial charge >= 0.3 is 0 Å². The van der Waals surface area contributed by atoms with E-state index in [0.29, 0.717) is 12.1 Å². The number of rotatable bonds is 4. The van der Waals surface area contributed by atoms with E-state index < -0.39 is 0 Å². The highest BCUT2D eigenvalue weighted by Gasteiger charge is 2.38. The maximum atomic E-state index is 6.18. The number of nitrogens with zero attached hydrogens (tertiary/aromatic N) is 1. The molecule has 0 aliphatic carbocycles. The molecule has 0 aromatic rings. The molecule has 2 atom stereocenters. The van der Waals surface area contributed by atoms with Crippen LogP contribution in [0.25, 0.3) is 0 Å². The van der Waals surface area contributed by atoms with Crippen molar-refractivity contribution in [3.05, 3.63) is 0 Å². The van der Waals surface area contributed by atoms with Gasteiger partial charge < -0.3 is 10.1 Å². The van der Waals surface area contributed by atoms with Crippen molar-refractivity contribution in [2.24, 2.45) is 0 Å². The van der Waals surface area contributed by atoms with Gasteiger partial charge in [-0.1, -0.05) is 13.3 Å². The van der Waals surface area contributed by atoms with E-state index in [1.165, 1.54) is 32.2 Å². The van der Waals surface area contributed by atoms with Crippen LogP contribution in [-0.4, -0.2) is 47.8 Å². The van der Waals surface area contributed by atoms with Crippen molar-refractivity contribution in [1.82, 2.24) is 10.2 Å². The van der Waals surface area contributed by atoms with Gasteiger partial charge in [0.1, 0.15) is 0 Å². The Balaban J connectivity index is 1.92. The molecule has 2 aliphatic rings. The largest absolute Gasteiger partial charge is 0.371 e. The summed E-state index contributed by atoms with van der Waals surface area (Å²) in [6.45, 7) is 14.8. The molecule has 2 unspecified atom stereocenters. The van der Waals surface area contributed by atoms with Gasteiger partial charge in [0.05, 0.1) is 11.7 Å². The lowest BCUT2D eigenvalue weighted by atomic mass is 9.95. The van der Waals surface area contributed by atoms with Crippen LogP contribution in [0, 0.1) is 0 Å². The standard InChI is InChI=1S/C16H32N2O/c1-6-7-13-10-18(15(2,3)12-17-13)11-14-8-9-16(4,5)19-14/h13-14,17H,6-12H2,1-5H3. The zero-order valence-electron chi connectivity index (χ0n) is 13.5. The fourth-order valence-electron chi connectivity index (χ4n) is 3.40. The van der Waals surface area contributed by atoms with Crippen molar-refractivity contribution in [1.29, 1.82) is 0 Å². The minimum Gasteiger partial charge on any atom is -0.371 e. The first-order valence-electron chi connectivity index (χ1n) is 7.99. The van der Waals surface area contributed by atoms with Crippen molar-refractivity contribution in [2.75, 3.05) is 19.6 Å². The van der Waals surface area contributed by atoms with E-state index in [-0.39, 0.29) is 11.1 Å². The number of piperazine rings is 1. The lowest BCUT2D eigenvalue weighted by molar-refractivity contribution is -0.0498. The molecular formula is C16H32N2O. The van der Waals surface area contributed by atoms with E-state index in [0.717, 1.165) is 13.1 Å². The van der Waals surface area contributed by atoms with Gasteiger partial charge in [-0.05, 0) is 47.0 Å². The molecule has 112 valence electrons. The second-order valence-electron chi connectivity index (χ2n) is 7.62. The zero-order valence-corrected chi connectivity index (χ0v) is 13.5. The minimum absolute atomic E-state index is 0.0890. The van der Waals surface area contributed by atoms with E-state index in [1.807, 2.05) is 0 Å². The Hall–Kier alpha value is -0.120. The summed E-state index contributed by atoms with van der Waals surface area (Å²) in [5.41, 5.74) is 0.339. The van der Waals surface area contributed by atoms with Crippen molar-refractivity contribution >= 4 is 0 Å². The summed E-state index contributed by atoms with van der Waals surface area (Å²) in [6.07, 6.45) is 5.38. The molecule has 0 aromatic heterocycles. The smallest absolute Gasteiger partial charge is 0.0710 e.